The number of aliphatic hydroxyl groups is 2. The molecular formula is C69H114O12. The molecule has 0 aromatic rings. The summed E-state index contributed by atoms with van der Waals surface area (Å²) in [5.74, 6) is -3.18. The number of esters is 3. The highest BCUT2D eigenvalue weighted by atomic mass is 16.7. The van der Waals surface area contributed by atoms with Crippen molar-refractivity contribution in [1.29, 1.82) is 0 Å². The van der Waals surface area contributed by atoms with Gasteiger partial charge in [-0.2, -0.15) is 0 Å². The number of rotatable bonds is 54. The molecule has 1 saturated heterocycles. The van der Waals surface area contributed by atoms with Gasteiger partial charge >= 0.3 is 23.9 Å². The smallest absolute Gasteiger partial charge is 0.335 e. The topological polar surface area (TPSA) is 175 Å². The zero-order chi connectivity index (χ0) is 58.9. The van der Waals surface area contributed by atoms with Crippen molar-refractivity contribution < 1.29 is 58.2 Å². The van der Waals surface area contributed by atoms with E-state index in [1.165, 1.54) is 83.5 Å². The standard InChI is InChI=1S/C69H114O12/c1-4-7-10-13-16-19-22-25-27-29-31-33-35-38-40-43-46-49-52-55-61(70)77-58-60(79-62(71)56-53-50-47-44-41-37-24-21-18-15-12-9-6-3)59-78-69-67(65(74)64(73)66(81-69)68(75)76)80-63(72)57-54-51-48-45-42-39-36-34-32-30-28-26-23-20-17-14-11-8-5-2/h8,11,16-17,19-21,24-28,32,34,39,42,60,64-67,69,73-74H,4-7,9-10,12-15,18,22-23,29-31,33,35-38,40-41,43-59H2,1-3H3,(H,75,76)/b11-8-,19-16-,20-17-,24-21-,27-25-,28-26-,34-32-,42-39-. The Morgan fingerprint density at radius 1 is 0.420 bits per heavy atom. The van der Waals surface area contributed by atoms with Gasteiger partial charge in [-0.3, -0.25) is 14.4 Å². The average Bonchev–Trinajstić information content (AvgIpc) is 3.54. The van der Waals surface area contributed by atoms with Crippen molar-refractivity contribution in [1.82, 2.24) is 0 Å². The summed E-state index contributed by atoms with van der Waals surface area (Å²) < 4.78 is 28.5. The van der Waals surface area contributed by atoms with Crippen LogP contribution in [-0.2, 0) is 42.9 Å². The van der Waals surface area contributed by atoms with Crippen LogP contribution in [0.5, 0.6) is 0 Å². The number of ether oxygens (including phenoxy) is 5. The predicted molar refractivity (Wildman–Crippen MR) is 331 cm³/mol. The fourth-order valence-corrected chi connectivity index (χ4v) is 9.18. The van der Waals surface area contributed by atoms with Crippen molar-refractivity contribution in [2.45, 2.75) is 302 Å². The van der Waals surface area contributed by atoms with Gasteiger partial charge in [0.25, 0.3) is 0 Å². The van der Waals surface area contributed by atoms with Crippen LogP contribution in [0.4, 0.5) is 0 Å². The van der Waals surface area contributed by atoms with E-state index in [1.54, 1.807) is 0 Å². The molecule has 0 aliphatic carbocycles. The van der Waals surface area contributed by atoms with Crippen molar-refractivity contribution in [3.63, 3.8) is 0 Å². The normalized spacial score (nSPS) is 18.4. The molecule has 1 aliphatic rings. The van der Waals surface area contributed by atoms with E-state index in [-0.39, 0.29) is 25.9 Å². The summed E-state index contributed by atoms with van der Waals surface area (Å²) in [7, 11) is 0. The fourth-order valence-electron chi connectivity index (χ4n) is 9.18. The lowest BCUT2D eigenvalue weighted by atomic mass is 9.98. The largest absolute Gasteiger partial charge is 0.479 e. The molecule has 6 unspecified atom stereocenters. The van der Waals surface area contributed by atoms with E-state index in [4.69, 9.17) is 23.7 Å². The number of unbranched alkanes of at least 4 members (excludes halogenated alkanes) is 24. The molecule has 3 N–H and O–H groups in total. The van der Waals surface area contributed by atoms with Crippen LogP contribution < -0.4 is 0 Å². The van der Waals surface area contributed by atoms with Crippen LogP contribution in [0.2, 0.25) is 0 Å². The molecule has 462 valence electrons. The summed E-state index contributed by atoms with van der Waals surface area (Å²) in [5.41, 5.74) is 0. The molecule has 1 heterocycles. The highest BCUT2D eigenvalue weighted by Gasteiger charge is 2.50. The number of allylic oxidation sites excluding steroid dienone is 16. The van der Waals surface area contributed by atoms with E-state index in [0.29, 0.717) is 19.3 Å². The lowest BCUT2D eigenvalue weighted by Gasteiger charge is -2.40. The van der Waals surface area contributed by atoms with Crippen molar-refractivity contribution in [3.8, 4) is 0 Å². The lowest BCUT2D eigenvalue weighted by molar-refractivity contribution is -0.301. The molecule has 0 aromatic heterocycles. The van der Waals surface area contributed by atoms with E-state index in [2.05, 4.69) is 118 Å². The molecule has 1 aliphatic heterocycles. The van der Waals surface area contributed by atoms with Crippen LogP contribution in [0.1, 0.15) is 265 Å². The zero-order valence-electron chi connectivity index (χ0n) is 51.0. The molecule has 0 aromatic carbocycles. The van der Waals surface area contributed by atoms with Crippen LogP contribution in [0.25, 0.3) is 0 Å². The minimum Gasteiger partial charge on any atom is -0.479 e. The van der Waals surface area contributed by atoms with Crippen molar-refractivity contribution in [2.24, 2.45) is 0 Å². The van der Waals surface area contributed by atoms with Crippen molar-refractivity contribution >= 4 is 23.9 Å². The molecule has 0 saturated carbocycles. The first-order valence-electron chi connectivity index (χ1n) is 32.2. The third-order valence-corrected chi connectivity index (χ3v) is 14.1. The number of carbonyl (C=O) groups is 4. The highest BCUT2D eigenvalue weighted by molar-refractivity contribution is 5.74. The molecule has 1 rings (SSSR count). The summed E-state index contributed by atoms with van der Waals surface area (Å²) in [6.45, 7) is 5.83. The molecule has 12 heteroatoms. The molecule has 0 spiro atoms. The van der Waals surface area contributed by atoms with Gasteiger partial charge in [-0.15, -0.1) is 0 Å². The molecule has 0 bridgehead atoms. The first-order valence-corrected chi connectivity index (χ1v) is 32.2. The van der Waals surface area contributed by atoms with Gasteiger partial charge in [0.15, 0.2) is 24.6 Å². The second kappa shape index (κ2) is 56.1. The van der Waals surface area contributed by atoms with Gasteiger partial charge < -0.3 is 39.0 Å². The number of hydrogen-bond acceptors (Lipinski definition) is 11. The fraction of sp³-hybridized carbons (Fsp3) is 0.710. The van der Waals surface area contributed by atoms with Crippen LogP contribution in [-0.4, -0.2) is 89.2 Å². The van der Waals surface area contributed by atoms with Crippen molar-refractivity contribution in [3.05, 3.63) is 97.2 Å². The van der Waals surface area contributed by atoms with Gasteiger partial charge in [0.1, 0.15) is 18.8 Å². The number of carboxylic acids is 1. The number of hydrogen-bond donors (Lipinski definition) is 3. The Hall–Kier alpha value is -4.36. The first kappa shape index (κ1) is 74.7. The quantitative estimate of drug-likeness (QED) is 0.0228. The van der Waals surface area contributed by atoms with E-state index >= 15 is 0 Å². The predicted octanol–water partition coefficient (Wildman–Crippen LogP) is 17.2. The van der Waals surface area contributed by atoms with Crippen LogP contribution in [0.15, 0.2) is 97.2 Å². The summed E-state index contributed by atoms with van der Waals surface area (Å²) in [6.07, 6.45) is 62.2. The molecule has 0 radical (unpaired) electrons. The summed E-state index contributed by atoms with van der Waals surface area (Å²) in [6, 6.07) is 0. The van der Waals surface area contributed by atoms with Gasteiger partial charge in [-0.1, -0.05) is 221 Å². The highest BCUT2D eigenvalue weighted by Crippen LogP contribution is 2.26. The van der Waals surface area contributed by atoms with E-state index in [0.717, 1.165) is 122 Å². The maximum atomic E-state index is 13.2. The third-order valence-electron chi connectivity index (χ3n) is 14.1. The summed E-state index contributed by atoms with van der Waals surface area (Å²) in [4.78, 5) is 51.3. The Kier molecular flexibility index (Phi) is 51.7. The summed E-state index contributed by atoms with van der Waals surface area (Å²) in [5, 5.41) is 31.6. The Morgan fingerprint density at radius 2 is 0.778 bits per heavy atom. The molecular weight excluding hydrogens is 1020 g/mol. The van der Waals surface area contributed by atoms with Gasteiger partial charge in [0, 0.05) is 19.3 Å². The number of carbonyl (C=O) groups excluding carboxylic acids is 3. The van der Waals surface area contributed by atoms with Crippen LogP contribution in [0.3, 0.4) is 0 Å². The molecule has 12 nitrogen and oxygen atoms in total. The first-order chi connectivity index (χ1) is 39.6. The maximum absolute atomic E-state index is 13.2. The Morgan fingerprint density at radius 3 is 1.23 bits per heavy atom. The third kappa shape index (κ3) is 45.8. The Balaban J connectivity index is 2.67. The van der Waals surface area contributed by atoms with Crippen molar-refractivity contribution in [2.75, 3.05) is 13.2 Å². The Labute approximate surface area is 492 Å². The van der Waals surface area contributed by atoms with Gasteiger partial charge in [-0.05, 0) is 122 Å². The number of aliphatic carboxylic acids is 1. The van der Waals surface area contributed by atoms with E-state index < -0.39 is 67.3 Å². The van der Waals surface area contributed by atoms with Gasteiger partial charge in [0.2, 0.25) is 0 Å². The van der Waals surface area contributed by atoms with Crippen LogP contribution in [0, 0.1) is 0 Å². The number of carboxylic acid groups (broad SMARTS) is 1. The molecule has 81 heavy (non-hydrogen) atoms. The zero-order valence-corrected chi connectivity index (χ0v) is 51.0. The minimum atomic E-state index is -1.92. The summed E-state index contributed by atoms with van der Waals surface area (Å²) >= 11 is 0. The molecule has 1 fully saturated rings. The SMILES string of the molecule is CC/C=C\C/C=C\C/C=C\C/C=C\C/C=C\CCCCCC(=O)OC1C(OCC(COC(=O)CCCCCCCCCCC/C=C\C/C=C\CCCCC)OC(=O)CCCCCCC/C=C\CCCCCC)OC(C(=O)O)C(O)C1O. The second-order valence-electron chi connectivity index (χ2n) is 21.7. The monoisotopic (exact) mass is 1130 g/mol. The lowest BCUT2D eigenvalue weighted by Crippen LogP contribution is -2.61. The maximum Gasteiger partial charge on any atom is 0.335 e. The second-order valence-corrected chi connectivity index (χ2v) is 21.7. The van der Waals surface area contributed by atoms with Crippen LogP contribution >= 0.6 is 0 Å². The van der Waals surface area contributed by atoms with Gasteiger partial charge in [0.05, 0.1) is 6.61 Å². The average molecular weight is 1140 g/mol. The number of aliphatic hydroxyl groups excluding tert-OH is 2. The van der Waals surface area contributed by atoms with E-state index in [9.17, 15) is 34.5 Å². The minimum absolute atomic E-state index is 0.0166. The Bertz CT molecular complexity index is 1780. The van der Waals surface area contributed by atoms with Gasteiger partial charge in [-0.25, -0.2) is 4.79 Å². The molecule has 0 amide bonds. The molecule has 6 atom stereocenters. The van der Waals surface area contributed by atoms with E-state index in [1.807, 2.05) is 0 Å².